The summed E-state index contributed by atoms with van der Waals surface area (Å²) in [5.41, 5.74) is 0.971. The summed E-state index contributed by atoms with van der Waals surface area (Å²) in [7, 11) is 1.39. The fourth-order valence-corrected chi connectivity index (χ4v) is 3.01. The van der Waals surface area contributed by atoms with E-state index in [0.29, 0.717) is 19.5 Å². The maximum absolute atomic E-state index is 12.3. The van der Waals surface area contributed by atoms with E-state index in [-0.39, 0.29) is 23.7 Å². The molecule has 0 aliphatic carbocycles. The van der Waals surface area contributed by atoms with Crippen molar-refractivity contribution in [2.75, 3.05) is 20.2 Å². The van der Waals surface area contributed by atoms with E-state index < -0.39 is 0 Å². The number of carbonyl (C=O) groups is 2. The van der Waals surface area contributed by atoms with Gasteiger partial charge in [-0.1, -0.05) is 35.0 Å². The van der Waals surface area contributed by atoms with Crippen LogP contribution in [0, 0.1) is 11.8 Å². The Bertz CT molecular complexity index is 518. The number of benzene rings is 1. The fourth-order valence-electron chi connectivity index (χ4n) is 2.56. The molecule has 1 aliphatic rings. The van der Waals surface area contributed by atoms with Crippen LogP contribution in [0.15, 0.2) is 28.7 Å². The molecule has 4 nitrogen and oxygen atoms in total. The van der Waals surface area contributed by atoms with Gasteiger partial charge in [0.15, 0.2) is 0 Å². The van der Waals surface area contributed by atoms with Gasteiger partial charge >= 0.3 is 5.97 Å². The second-order valence-electron chi connectivity index (χ2n) is 5.21. The number of likely N-dealkylation sites (tertiary alicyclic amines) is 1. The molecule has 1 aliphatic heterocycles. The molecular weight excluding hydrogens is 322 g/mol. The monoisotopic (exact) mass is 339 g/mol. The van der Waals surface area contributed by atoms with Gasteiger partial charge in [0.2, 0.25) is 5.91 Å². The number of carbonyl (C=O) groups excluding carboxylic acids is 2. The summed E-state index contributed by atoms with van der Waals surface area (Å²) in [5.74, 6) is -0.225. The summed E-state index contributed by atoms with van der Waals surface area (Å²) in [6.07, 6.45) is 0.361. The molecule has 0 N–H and O–H groups in total. The molecule has 2 rings (SSSR count). The third kappa shape index (κ3) is 3.39. The fraction of sp³-hybridized carbons (Fsp3) is 0.467. The number of esters is 1. The molecule has 0 radical (unpaired) electrons. The van der Waals surface area contributed by atoms with Crippen LogP contribution in [0.2, 0.25) is 0 Å². The second kappa shape index (κ2) is 6.39. The van der Waals surface area contributed by atoms with Crippen molar-refractivity contribution in [3.63, 3.8) is 0 Å². The van der Waals surface area contributed by atoms with Crippen LogP contribution >= 0.6 is 15.9 Å². The van der Waals surface area contributed by atoms with Crippen molar-refractivity contribution in [3.05, 3.63) is 34.3 Å². The summed E-state index contributed by atoms with van der Waals surface area (Å²) in [6.45, 7) is 3.06. The Morgan fingerprint density at radius 3 is 2.80 bits per heavy atom. The minimum atomic E-state index is -0.227. The summed E-state index contributed by atoms with van der Waals surface area (Å²) in [4.78, 5) is 25.7. The average Bonchev–Trinajstić information content (AvgIpc) is 2.80. The first-order valence-corrected chi connectivity index (χ1v) is 7.40. The van der Waals surface area contributed by atoms with E-state index in [1.165, 1.54) is 7.11 Å². The molecule has 2 atom stereocenters. The first-order valence-electron chi connectivity index (χ1n) is 6.61. The molecule has 1 fully saturated rings. The van der Waals surface area contributed by atoms with Crippen LogP contribution in [0.4, 0.5) is 0 Å². The molecule has 1 amide bonds. The number of rotatable bonds is 3. The van der Waals surface area contributed by atoms with E-state index in [1.54, 1.807) is 4.90 Å². The van der Waals surface area contributed by atoms with Crippen molar-refractivity contribution >= 4 is 27.8 Å². The minimum absolute atomic E-state index is 0.0568. The highest BCUT2D eigenvalue weighted by Crippen LogP contribution is 2.25. The van der Waals surface area contributed by atoms with Crippen LogP contribution in [0.5, 0.6) is 0 Å². The predicted molar refractivity (Wildman–Crippen MR) is 79.1 cm³/mol. The van der Waals surface area contributed by atoms with Gasteiger partial charge in [-0.25, -0.2) is 0 Å². The van der Waals surface area contributed by atoms with E-state index in [4.69, 9.17) is 4.74 Å². The lowest BCUT2D eigenvalue weighted by atomic mass is 9.99. The Morgan fingerprint density at radius 2 is 2.15 bits per heavy atom. The van der Waals surface area contributed by atoms with Crippen LogP contribution in [0.3, 0.4) is 0 Å². The molecule has 1 saturated heterocycles. The highest BCUT2D eigenvalue weighted by molar-refractivity contribution is 9.10. The van der Waals surface area contributed by atoms with Gasteiger partial charge < -0.3 is 9.64 Å². The van der Waals surface area contributed by atoms with Crippen LogP contribution in [0.1, 0.15) is 12.5 Å². The molecular formula is C15H18BrNO3. The summed E-state index contributed by atoms with van der Waals surface area (Å²) in [5, 5.41) is 0. The minimum Gasteiger partial charge on any atom is -0.469 e. The number of amides is 1. The van der Waals surface area contributed by atoms with E-state index in [0.717, 1.165) is 10.0 Å². The number of methoxy groups -OCH3 is 1. The first kappa shape index (κ1) is 15.0. The molecule has 1 heterocycles. The van der Waals surface area contributed by atoms with Gasteiger partial charge in [-0.2, -0.15) is 0 Å². The Hall–Kier alpha value is -1.36. The van der Waals surface area contributed by atoms with Gasteiger partial charge in [0.25, 0.3) is 0 Å². The lowest BCUT2D eigenvalue weighted by Crippen LogP contribution is -2.31. The second-order valence-corrected chi connectivity index (χ2v) is 6.13. The maximum atomic E-state index is 12.3. The first-order chi connectivity index (χ1) is 9.51. The predicted octanol–water partition coefficient (Wildman–Crippen LogP) is 2.26. The number of nitrogens with zero attached hydrogens (tertiary/aromatic N) is 1. The SMILES string of the molecule is COC(=O)C1CN(C(=O)Cc2cccc(Br)c2)CC1C. The highest BCUT2D eigenvalue weighted by atomic mass is 79.9. The molecule has 0 bridgehead atoms. The largest absolute Gasteiger partial charge is 0.469 e. The van der Waals surface area contributed by atoms with Crippen LogP contribution in [-0.4, -0.2) is 37.0 Å². The Balaban J connectivity index is 1.99. The molecule has 5 heteroatoms. The van der Waals surface area contributed by atoms with Crippen molar-refractivity contribution in [2.24, 2.45) is 11.8 Å². The van der Waals surface area contributed by atoms with Crippen molar-refractivity contribution in [1.29, 1.82) is 0 Å². The Labute approximate surface area is 127 Å². The van der Waals surface area contributed by atoms with Crippen molar-refractivity contribution < 1.29 is 14.3 Å². The van der Waals surface area contributed by atoms with Crippen LogP contribution in [0.25, 0.3) is 0 Å². The molecule has 20 heavy (non-hydrogen) atoms. The lowest BCUT2D eigenvalue weighted by molar-refractivity contribution is -0.146. The zero-order valence-corrected chi connectivity index (χ0v) is 13.2. The molecule has 2 unspecified atom stereocenters. The molecule has 0 saturated carbocycles. The summed E-state index contributed by atoms with van der Waals surface area (Å²) >= 11 is 3.40. The number of hydrogen-bond acceptors (Lipinski definition) is 3. The number of ether oxygens (including phenoxy) is 1. The Morgan fingerprint density at radius 1 is 1.40 bits per heavy atom. The third-order valence-corrected chi connectivity index (χ3v) is 4.21. The zero-order chi connectivity index (χ0) is 14.7. The van der Waals surface area contributed by atoms with Crippen LogP contribution < -0.4 is 0 Å². The van der Waals surface area contributed by atoms with Crippen LogP contribution in [-0.2, 0) is 20.7 Å². The van der Waals surface area contributed by atoms with Gasteiger partial charge in [-0.15, -0.1) is 0 Å². The van der Waals surface area contributed by atoms with E-state index >= 15 is 0 Å². The van der Waals surface area contributed by atoms with Gasteiger partial charge in [0.1, 0.15) is 0 Å². The molecule has 0 spiro atoms. The zero-order valence-electron chi connectivity index (χ0n) is 11.6. The van der Waals surface area contributed by atoms with E-state index in [9.17, 15) is 9.59 Å². The van der Waals surface area contributed by atoms with Crippen molar-refractivity contribution in [3.8, 4) is 0 Å². The quantitative estimate of drug-likeness (QED) is 0.793. The molecule has 0 aromatic heterocycles. The molecule has 108 valence electrons. The highest BCUT2D eigenvalue weighted by Gasteiger charge is 2.37. The topological polar surface area (TPSA) is 46.6 Å². The summed E-state index contributed by atoms with van der Waals surface area (Å²) in [6, 6.07) is 7.71. The van der Waals surface area contributed by atoms with Crippen molar-refractivity contribution in [1.82, 2.24) is 4.90 Å². The van der Waals surface area contributed by atoms with E-state index in [2.05, 4.69) is 15.9 Å². The van der Waals surface area contributed by atoms with Crippen molar-refractivity contribution in [2.45, 2.75) is 13.3 Å². The third-order valence-electron chi connectivity index (χ3n) is 3.71. The van der Waals surface area contributed by atoms with E-state index in [1.807, 2.05) is 31.2 Å². The van der Waals surface area contributed by atoms with Gasteiger partial charge in [0.05, 0.1) is 19.4 Å². The van der Waals surface area contributed by atoms with Gasteiger partial charge in [0, 0.05) is 17.6 Å². The normalized spacial score (nSPS) is 21.9. The summed E-state index contributed by atoms with van der Waals surface area (Å²) < 4.78 is 5.75. The average molecular weight is 340 g/mol. The smallest absolute Gasteiger partial charge is 0.310 e. The molecule has 1 aromatic rings. The number of hydrogen-bond donors (Lipinski definition) is 0. The lowest BCUT2D eigenvalue weighted by Gasteiger charge is -2.16. The Kier molecular flexibility index (Phi) is 4.81. The standard InChI is InChI=1S/C15H18BrNO3/c1-10-8-17(9-13(10)15(19)20-2)14(18)7-11-4-3-5-12(16)6-11/h3-6,10,13H,7-9H2,1-2H3. The number of halogens is 1. The van der Waals surface area contributed by atoms with Gasteiger partial charge in [-0.3, -0.25) is 9.59 Å². The maximum Gasteiger partial charge on any atom is 0.310 e. The van der Waals surface area contributed by atoms with Gasteiger partial charge in [-0.05, 0) is 23.6 Å². The molecule has 1 aromatic carbocycles.